The highest BCUT2D eigenvalue weighted by Gasteiger charge is 2.14. The van der Waals surface area contributed by atoms with Crippen molar-refractivity contribution in [3.63, 3.8) is 0 Å². The lowest BCUT2D eigenvalue weighted by Crippen LogP contribution is -1.95. The van der Waals surface area contributed by atoms with E-state index in [1.54, 1.807) is 13.0 Å². The van der Waals surface area contributed by atoms with E-state index in [4.69, 9.17) is 5.11 Å². The highest BCUT2D eigenvalue weighted by molar-refractivity contribution is 5.97. The topological polar surface area (TPSA) is 68.9 Å². The molecule has 0 aliphatic carbocycles. The quantitative estimate of drug-likeness (QED) is 0.644. The van der Waals surface area contributed by atoms with Crippen LogP contribution in [0.2, 0.25) is 0 Å². The summed E-state index contributed by atoms with van der Waals surface area (Å²) in [7, 11) is 0. The van der Waals surface area contributed by atoms with Gasteiger partial charge in [0.1, 0.15) is 0 Å². The maximum atomic E-state index is 11.0. The smallest absolute Gasteiger partial charge is 0.337 e. The van der Waals surface area contributed by atoms with E-state index in [1.165, 1.54) is 0 Å². The molecule has 0 saturated carbocycles. The molecule has 2 aromatic heterocycles. The molecule has 0 atom stereocenters. The van der Waals surface area contributed by atoms with Crippen LogP contribution in [0.5, 0.6) is 0 Å². The first-order valence-electron chi connectivity index (χ1n) is 5.66. The molecule has 0 aliphatic rings. The van der Waals surface area contributed by atoms with Gasteiger partial charge in [0, 0.05) is 34.1 Å². The standard InChI is InChI=1S/C14H12N2O2/c1-8-10(14(17)18)6-13(16-8)11-7-15-12-5-3-2-4-9(11)12/h2-7,15-16H,1H3,(H,17,18). The number of hydrogen-bond acceptors (Lipinski definition) is 1. The summed E-state index contributed by atoms with van der Waals surface area (Å²) in [6, 6.07) is 9.61. The zero-order valence-electron chi connectivity index (χ0n) is 9.82. The predicted molar refractivity (Wildman–Crippen MR) is 69.8 cm³/mol. The molecule has 0 unspecified atom stereocenters. The minimum atomic E-state index is -0.908. The Morgan fingerprint density at radius 3 is 2.78 bits per heavy atom. The van der Waals surface area contributed by atoms with Gasteiger partial charge in [-0.1, -0.05) is 18.2 Å². The number of rotatable bonds is 2. The Morgan fingerprint density at radius 1 is 1.28 bits per heavy atom. The van der Waals surface area contributed by atoms with Gasteiger partial charge in [0.2, 0.25) is 0 Å². The molecule has 2 heterocycles. The number of fused-ring (bicyclic) bond motifs is 1. The monoisotopic (exact) mass is 240 g/mol. The zero-order chi connectivity index (χ0) is 12.7. The second kappa shape index (κ2) is 3.77. The molecule has 3 aromatic rings. The maximum absolute atomic E-state index is 11.0. The van der Waals surface area contributed by atoms with Gasteiger partial charge in [0.05, 0.1) is 5.56 Å². The van der Waals surface area contributed by atoms with Crippen molar-refractivity contribution >= 4 is 16.9 Å². The lowest BCUT2D eigenvalue weighted by atomic mass is 10.1. The van der Waals surface area contributed by atoms with Gasteiger partial charge in [-0.05, 0) is 19.1 Å². The van der Waals surface area contributed by atoms with Crippen LogP contribution in [0.15, 0.2) is 36.5 Å². The van der Waals surface area contributed by atoms with Crippen molar-refractivity contribution in [2.45, 2.75) is 6.92 Å². The normalized spacial score (nSPS) is 10.9. The van der Waals surface area contributed by atoms with Crippen LogP contribution in [0.3, 0.4) is 0 Å². The van der Waals surface area contributed by atoms with Crippen molar-refractivity contribution in [1.29, 1.82) is 0 Å². The highest BCUT2D eigenvalue weighted by atomic mass is 16.4. The minimum Gasteiger partial charge on any atom is -0.478 e. The van der Waals surface area contributed by atoms with Crippen molar-refractivity contribution < 1.29 is 9.90 Å². The largest absolute Gasteiger partial charge is 0.478 e. The number of hydrogen-bond donors (Lipinski definition) is 3. The molecule has 18 heavy (non-hydrogen) atoms. The first-order chi connectivity index (χ1) is 8.66. The Balaban J connectivity index is 2.20. The molecule has 0 amide bonds. The highest BCUT2D eigenvalue weighted by Crippen LogP contribution is 2.29. The summed E-state index contributed by atoms with van der Waals surface area (Å²) in [6.07, 6.45) is 1.89. The van der Waals surface area contributed by atoms with Gasteiger partial charge < -0.3 is 15.1 Å². The van der Waals surface area contributed by atoms with Crippen LogP contribution in [0.25, 0.3) is 22.2 Å². The number of carbonyl (C=O) groups is 1. The average Bonchev–Trinajstić information content (AvgIpc) is 2.92. The molecular formula is C14H12N2O2. The van der Waals surface area contributed by atoms with Crippen LogP contribution in [0.4, 0.5) is 0 Å². The Labute approximate surface area is 103 Å². The van der Waals surface area contributed by atoms with Crippen molar-refractivity contribution in [3.8, 4) is 11.3 Å². The number of para-hydroxylation sites is 1. The molecule has 1 aromatic carbocycles. The lowest BCUT2D eigenvalue weighted by molar-refractivity contribution is 0.0696. The van der Waals surface area contributed by atoms with Gasteiger partial charge in [-0.2, -0.15) is 0 Å². The number of carboxylic acids is 1. The molecule has 0 bridgehead atoms. The van der Waals surface area contributed by atoms with E-state index in [0.717, 1.165) is 22.2 Å². The minimum absolute atomic E-state index is 0.315. The molecule has 3 rings (SSSR count). The van der Waals surface area contributed by atoms with E-state index < -0.39 is 5.97 Å². The summed E-state index contributed by atoms with van der Waals surface area (Å²) in [4.78, 5) is 17.3. The van der Waals surface area contributed by atoms with Crippen LogP contribution in [-0.2, 0) is 0 Å². The molecular weight excluding hydrogens is 228 g/mol. The lowest BCUT2D eigenvalue weighted by Gasteiger charge is -1.94. The van der Waals surface area contributed by atoms with Crippen LogP contribution >= 0.6 is 0 Å². The molecule has 0 spiro atoms. The second-order valence-electron chi connectivity index (χ2n) is 4.27. The summed E-state index contributed by atoms with van der Waals surface area (Å²) in [6.45, 7) is 1.77. The Kier molecular flexibility index (Phi) is 2.23. The summed E-state index contributed by atoms with van der Waals surface area (Å²) in [5.41, 5.74) is 3.83. The van der Waals surface area contributed by atoms with Crippen LogP contribution in [0, 0.1) is 6.92 Å². The molecule has 0 saturated heterocycles. The molecule has 3 N–H and O–H groups in total. The Morgan fingerprint density at radius 2 is 2.06 bits per heavy atom. The van der Waals surface area contributed by atoms with Crippen molar-refractivity contribution in [1.82, 2.24) is 9.97 Å². The number of aromatic carboxylic acids is 1. The SMILES string of the molecule is Cc1[nH]c(-c2c[nH]c3ccccc23)cc1C(=O)O. The summed E-state index contributed by atoms with van der Waals surface area (Å²) in [5, 5.41) is 10.1. The number of aromatic amines is 2. The number of carboxylic acid groups (broad SMARTS) is 1. The predicted octanol–water partition coefficient (Wildman–Crippen LogP) is 3.17. The van der Waals surface area contributed by atoms with E-state index in [9.17, 15) is 4.79 Å². The number of H-pyrrole nitrogens is 2. The van der Waals surface area contributed by atoms with Crippen LogP contribution in [-0.4, -0.2) is 21.0 Å². The van der Waals surface area contributed by atoms with Crippen molar-refractivity contribution in [3.05, 3.63) is 47.8 Å². The first-order valence-corrected chi connectivity index (χ1v) is 5.66. The number of aryl methyl sites for hydroxylation is 1. The Hall–Kier alpha value is -2.49. The molecule has 90 valence electrons. The van der Waals surface area contributed by atoms with Gasteiger partial charge in [-0.25, -0.2) is 4.79 Å². The van der Waals surface area contributed by atoms with Gasteiger partial charge in [0.15, 0.2) is 0 Å². The molecule has 0 radical (unpaired) electrons. The third kappa shape index (κ3) is 1.50. The van der Waals surface area contributed by atoms with Crippen molar-refractivity contribution in [2.75, 3.05) is 0 Å². The fraction of sp³-hybridized carbons (Fsp3) is 0.0714. The van der Waals surface area contributed by atoms with E-state index in [2.05, 4.69) is 9.97 Å². The fourth-order valence-corrected chi connectivity index (χ4v) is 2.22. The summed E-state index contributed by atoms with van der Waals surface area (Å²) in [5.74, 6) is -0.908. The van der Waals surface area contributed by atoms with Crippen LogP contribution in [0.1, 0.15) is 16.1 Å². The average molecular weight is 240 g/mol. The third-order valence-electron chi connectivity index (χ3n) is 3.12. The van der Waals surface area contributed by atoms with E-state index >= 15 is 0 Å². The summed E-state index contributed by atoms with van der Waals surface area (Å²) < 4.78 is 0. The molecule has 0 aliphatic heterocycles. The van der Waals surface area contributed by atoms with Gasteiger partial charge in [-0.15, -0.1) is 0 Å². The Bertz CT molecular complexity index is 737. The third-order valence-corrected chi connectivity index (χ3v) is 3.12. The first kappa shape index (κ1) is 10.7. The van der Waals surface area contributed by atoms with E-state index in [-0.39, 0.29) is 0 Å². The zero-order valence-corrected chi connectivity index (χ0v) is 9.82. The van der Waals surface area contributed by atoms with Crippen molar-refractivity contribution in [2.24, 2.45) is 0 Å². The van der Waals surface area contributed by atoms with Gasteiger partial charge in [0.25, 0.3) is 0 Å². The number of aromatic nitrogens is 2. The second-order valence-corrected chi connectivity index (χ2v) is 4.27. The molecule has 4 nitrogen and oxygen atoms in total. The molecule has 4 heteroatoms. The number of benzene rings is 1. The fourth-order valence-electron chi connectivity index (χ4n) is 2.22. The van der Waals surface area contributed by atoms with E-state index in [0.29, 0.717) is 11.3 Å². The maximum Gasteiger partial charge on any atom is 0.337 e. The number of nitrogens with one attached hydrogen (secondary N) is 2. The molecule has 0 fully saturated rings. The summed E-state index contributed by atoms with van der Waals surface area (Å²) >= 11 is 0. The van der Waals surface area contributed by atoms with Crippen LogP contribution < -0.4 is 0 Å². The van der Waals surface area contributed by atoms with Gasteiger partial charge in [-0.3, -0.25) is 0 Å². The van der Waals surface area contributed by atoms with Gasteiger partial charge >= 0.3 is 5.97 Å². The van der Waals surface area contributed by atoms with E-state index in [1.807, 2.05) is 30.5 Å².